The van der Waals surface area contributed by atoms with E-state index in [0.717, 1.165) is 42.2 Å². The number of carbonyl (C=O) groups excluding carboxylic acids is 2. The number of fused-ring (bicyclic) bond motifs is 1. The topological polar surface area (TPSA) is 49.9 Å². The van der Waals surface area contributed by atoms with Crippen molar-refractivity contribution >= 4 is 22.6 Å². The molecular formula is C26H32N2O3. The molecule has 2 aromatic carbocycles. The van der Waals surface area contributed by atoms with E-state index in [2.05, 4.69) is 11.8 Å². The van der Waals surface area contributed by atoms with Crippen LogP contribution in [0.25, 0.3) is 10.8 Å². The maximum Gasteiger partial charge on any atom is 0.254 e. The standard InChI is InChI=1S/C26H32N2O3/c1-17(18-7-8-18)28(20-9-10-20)25(29)19-13-15-27(16-14-19)26(30)23-11-12-24(31-2)22-6-4-3-5-21(22)23/h3-6,11-12,17-20H,7-10,13-16H2,1-2H3/t17-/m0/s1. The highest BCUT2D eigenvalue weighted by molar-refractivity contribution is 6.08. The number of rotatable bonds is 6. The summed E-state index contributed by atoms with van der Waals surface area (Å²) in [7, 11) is 1.65. The fourth-order valence-electron chi connectivity index (χ4n) is 5.22. The minimum Gasteiger partial charge on any atom is -0.496 e. The second-order valence-electron chi connectivity index (χ2n) is 9.48. The molecule has 0 aromatic heterocycles. The van der Waals surface area contributed by atoms with Crippen LogP contribution in [0.3, 0.4) is 0 Å². The molecule has 0 unspecified atom stereocenters. The van der Waals surface area contributed by atoms with Crippen LogP contribution in [0.2, 0.25) is 0 Å². The largest absolute Gasteiger partial charge is 0.496 e. The number of benzene rings is 2. The Bertz CT molecular complexity index is 987. The molecular weight excluding hydrogens is 388 g/mol. The Kier molecular flexibility index (Phi) is 5.37. The van der Waals surface area contributed by atoms with Crippen LogP contribution in [0, 0.1) is 11.8 Å². The average molecular weight is 421 g/mol. The summed E-state index contributed by atoms with van der Waals surface area (Å²) in [6.07, 6.45) is 6.37. The molecule has 3 fully saturated rings. The third-order valence-electron chi connectivity index (χ3n) is 7.40. The molecule has 5 heteroatoms. The first kappa shape index (κ1) is 20.3. The van der Waals surface area contributed by atoms with Crippen molar-refractivity contribution in [2.75, 3.05) is 20.2 Å². The van der Waals surface area contributed by atoms with Gasteiger partial charge in [-0.3, -0.25) is 9.59 Å². The first-order valence-electron chi connectivity index (χ1n) is 11.8. The van der Waals surface area contributed by atoms with Gasteiger partial charge in [-0.2, -0.15) is 0 Å². The van der Waals surface area contributed by atoms with E-state index < -0.39 is 0 Å². The highest BCUT2D eigenvalue weighted by atomic mass is 16.5. The van der Waals surface area contributed by atoms with Crippen molar-refractivity contribution in [2.24, 2.45) is 11.8 Å². The van der Waals surface area contributed by atoms with Crippen LogP contribution in [0.15, 0.2) is 36.4 Å². The number of piperidine rings is 1. The van der Waals surface area contributed by atoms with Gasteiger partial charge >= 0.3 is 0 Å². The summed E-state index contributed by atoms with van der Waals surface area (Å²) in [5.41, 5.74) is 0.711. The molecule has 1 aliphatic heterocycles. The van der Waals surface area contributed by atoms with E-state index in [-0.39, 0.29) is 11.8 Å². The van der Waals surface area contributed by atoms with Gasteiger partial charge in [0.15, 0.2) is 0 Å². The second-order valence-corrected chi connectivity index (χ2v) is 9.48. The Morgan fingerprint density at radius 2 is 1.65 bits per heavy atom. The van der Waals surface area contributed by atoms with E-state index in [0.29, 0.717) is 42.6 Å². The lowest BCUT2D eigenvalue weighted by atomic mass is 9.93. The van der Waals surface area contributed by atoms with Crippen LogP contribution in [0.5, 0.6) is 5.75 Å². The van der Waals surface area contributed by atoms with Gasteiger partial charge in [0.25, 0.3) is 5.91 Å². The molecule has 31 heavy (non-hydrogen) atoms. The zero-order valence-electron chi connectivity index (χ0n) is 18.5. The van der Waals surface area contributed by atoms with Gasteiger partial charge in [0.1, 0.15) is 5.75 Å². The number of nitrogens with zero attached hydrogens (tertiary/aromatic N) is 2. The van der Waals surface area contributed by atoms with Crippen molar-refractivity contribution in [3.8, 4) is 5.75 Å². The number of amides is 2. The number of hydrogen-bond donors (Lipinski definition) is 0. The molecule has 5 nitrogen and oxygen atoms in total. The van der Waals surface area contributed by atoms with E-state index in [1.54, 1.807) is 7.11 Å². The van der Waals surface area contributed by atoms with Crippen LogP contribution in [-0.4, -0.2) is 53.9 Å². The van der Waals surface area contributed by atoms with E-state index in [1.165, 1.54) is 12.8 Å². The summed E-state index contributed by atoms with van der Waals surface area (Å²) >= 11 is 0. The monoisotopic (exact) mass is 420 g/mol. The highest BCUT2D eigenvalue weighted by Crippen LogP contribution is 2.41. The maximum atomic E-state index is 13.4. The van der Waals surface area contributed by atoms with Gasteiger partial charge in [-0.1, -0.05) is 24.3 Å². The summed E-state index contributed by atoms with van der Waals surface area (Å²) in [4.78, 5) is 30.8. The predicted octanol–water partition coefficient (Wildman–Crippen LogP) is 4.49. The van der Waals surface area contributed by atoms with Crippen molar-refractivity contribution < 1.29 is 14.3 Å². The minimum absolute atomic E-state index is 0.0511. The Hall–Kier alpha value is -2.56. The maximum absolute atomic E-state index is 13.4. The summed E-state index contributed by atoms with van der Waals surface area (Å²) < 4.78 is 5.47. The fraction of sp³-hybridized carbons (Fsp3) is 0.538. The van der Waals surface area contributed by atoms with E-state index in [4.69, 9.17) is 4.74 Å². The molecule has 0 bridgehead atoms. The van der Waals surface area contributed by atoms with Gasteiger partial charge in [0.05, 0.1) is 7.11 Å². The first-order chi connectivity index (χ1) is 15.1. The fourth-order valence-corrected chi connectivity index (χ4v) is 5.22. The van der Waals surface area contributed by atoms with E-state index >= 15 is 0 Å². The molecule has 0 radical (unpaired) electrons. The second kappa shape index (κ2) is 8.18. The third kappa shape index (κ3) is 3.90. The van der Waals surface area contributed by atoms with Crippen molar-refractivity contribution in [2.45, 2.75) is 57.5 Å². The molecule has 3 aliphatic rings. The number of ether oxygens (including phenoxy) is 1. The summed E-state index contributed by atoms with van der Waals surface area (Å²) in [5, 5.41) is 1.87. The Labute approximate surface area is 184 Å². The van der Waals surface area contributed by atoms with Crippen molar-refractivity contribution in [3.63, 3.8) is 0 Å². The van der Waals surface area contributed by atoms with Crippen LogP contribution >= 0.6 is 0 Å². The SMILES string of the molecule is COc1ccc(C(=O)N2CCC(C(=O)N(C3CC3)[C@@H](C)C3CC3)CC2)c2ccccc12. The van der Waals surface area contributed by atoms with Gasteiger partial charge in [-0.25, -0.2) is 0 Å². The quantitative estimate of drug-likeness (QED) is 0.692. The van der Waals surface area contributed by atoms with Crippen LogP contribution in [0.4, 0.5) is 0 Å². The molecule has 5 rings (SSSR count). The highest BCUT2D eigenvalue weighted by Gasteiger charge is 2.44. The normalized spacial score (nSPS) is 20.5. The van der Waals surface area contributed by atoms with Crippen LogP contribution in [0.1, 0.15) is 55.8 Å². The molecule has 0 N–H and O–H groups in total. The molecule has 0 spiro atoms. The van der Waals surface area contributed by atoms with Crippen LogP contribution in [-0.2, 0) is 4.79 Å². The van der Waals surface area contributed by atoms with Gasteiger partial charge in [-0.15, -0.1) is 0 Å². The molecule has 2 saturated carbocycles. The van der Waals surface area contributed by atoms with Gasteiger partial charge in [0.2, 0.25) is 5.91 Å². The molecule has 164 valence electrons. The smallest absolute Gasteiger partial charge is 0.254 e. The zero-order chi connectivity index (χ0) is 21.5. The number of carbonyl (C=O) groups is 2. The number of hydrogen-bond acceptors (Lipinski definition) is 3. The van der Waals surface area contributed by atoms with Gasteiger partial charge < -0.3 is 14.5 Å². The molecule has 1 atom stereocenters. The van der Waals surface area contributed by atoms with Gasteiger partial charge in [0, 0.05) is 42.0 Å². The molecule has 2 aliphatic carbocycles. The number of likely N-dealkylation sites (tertiary alicyclic amines) is 1. The molecule has 1 heterocycles. The van der Waals surface area contributed by atoms with Crippen molar-refractivity contribution in [1.82, 2.24) is 9.80 Å². The Morgan fingerprint density at radius 1 is 0.968 bits per heavy atom. The van der Waals surface area contributed by atoms with Crippen molar-refractivity contribution in [1.29, 1.82) is 0 Å². The van der Waals surface area contributed by atoms with E-state index in [1.807, 2.05) is 41.3 Å². The molecule has 2 aromatic rings. The summed E-state index contributed by atoms with van der Waals surface area (Å²) in [6.45, 7) is 3.53. The van der Waals surface area contributed by atoms with Gasteiger partial charge in [-0.05, 0) is 68.9 Å². The lowest BCUT2D eigenvalue weighted by Crippen LogP contribution is -2.48. The molecule has 2 amide bonds. The Morgan fingerprint density at radius 3 is 2.26 bits per heavy atom. The summed E-state index contributed by atoms with van der Waals surface area (Å²) in [5.74, 6) is 1.92. The molecule has 1 saturated heterocycles. The Balaban J connectivity index is 1.28. The van der Waals surface area contributed by atoms with Crippen molar-refractivity contribution in [3.05, 3.63) is 42.0 Å². The van der Waals surface area contributed by atoms with E-state index in [9.17, 15) is 9.59 Å². The first-order valence-corrected chi connectivity index (χ1v) is 11.8. The van der Waals surface area contributed by atoms with Crippen LogP contribution < -0.4 is 4.74 Å². The third-order valence-corrected chi connectivity index (χ3v) is 7.40. The number of methoxy groups -OCH3 is 1. The predicted molar refractivity (Wildman–Crippen MR) is 121 cm³/mol. The lowest BCUT2D eigenvalue weighted by molar-refractivity contribution is -0.140. The minimum atomic E-state index is 0.0511. The summed E-state index contributed by atoms with van der Waals surface area (Å²) in [6, 6.07) is 12.5. The average Bonchev–Trinajstić information content (AvgIpc) is 3.71. The zero-order valence-corrected chi connectivity index (χ0v) is 18.5. The lowest BCUT2D eigenvalue weighted by Gasteiger charge is -2.37.